The van der Waals surface area contributed by atoms with Gasteiger partial charge in [0.2, 0.25) is 0 Å². The van der Waals surface area contributed by atoms with Gasteiger partial charge >= 0.3 is 6.36 Å². The highest BCUT2D eigenvalue weighted by molar-refractivity contribution is 6.29. The third kappa shape index (κ3) is 4.81. The van der Waals surface area contributed by atoms with Crippen molar-refractivity contribution < 1.29 is 22.6 Å². The minimum absolute atomic E-state index is 0.204. The van der Waals surface area contributed by atoms with Crippen molar-refractivity contribution in [3.05, 3.63) is 64.5 Å². The van der Waals surface area contributed by atoms with Crippen LogP contribution in [0.15, 0.2) is 36.5 Å². The summed E-state index contributed by atoms with van der Waals surface area (Å²) in [7, 11) is 1.37. The number of pyridine rings is 1. The topological polar surface area (TPSA) is 49.2 Å². The molecule has 0 aliphatic carbocycles. The van der Waals surface area contributed by atoms with Crippen LogP contribution in [0.3, 0.4) is 0 Å². The number of halogens is 4. The number of hydrogen-bond donors (Lipinski definition) is 0. The maximum atomic E-state index is 12.5. The van der Waals surface area contributed by atoms with Crippen molar-refractivity contribution in [3.8, 4) is 29.0 Å². The number of imidazole rings is 1. The van der Waals surface area contributed by atoms with Crippen LogP contribution in [0.25, 0.3) is 5.69 Å². The van der Waals surface area contributed by atoms with Crippen LogP contribution in [0, 0.1) is 25.7 Å². The van der Waals surface area contributed by atoms with E-state index in [9.17, 15) is 13.2 Å². The lowest BCUT2D eigenvalue weighted by Crippen LogP contribution is -2.17. The number of rotatable bonds is 3. The van der Waals surface area contributed by atoms with Gasteiger partial charge < -0.3 is 9.47 Å². The average Bonchev–Trinajstić information content (AvgIpc) is 2.92. The van der Waals surface area contributed by atoms with Crippen molar-refractivity contribution in [1.29, 1.82) is 0 Å². The fourth-order valence-corrected chi connectivity index (χ4v) is 2.94. The first-order valence-corrected chi connectivity index (χ1v) is 8.69. The zero-order valence-corrected chi connectivity index (χ0v) is 16.4. The molecule has 3 aromatic rings. The van der Waals surface area contributed by atoms with E-state index in [-0.39, 0.29) is 11.5 Å². The van der Waals surface area contributed by atoms with E-state index in [0.717, 1.165) is 0 Å². The van der Waals surface area contributed by atoms with Crippen molar-refractivity contribution in [3.63, 3.8) is 0 Å². The first-order valence-electron chi connectivity index (χ1n) is 8.31. The molecule has 0 atom stereocenters. The van der Waals surface area contributed by atoms with Crippen molar-refractivity contribution in [2.45, 2.75) is 20.2 Å². The Morgan fingerprint density at radius 3 is 2.52 bits per heavy atom. The van der Waals surface area contributed by atoms with E-state index in [1.807, 2.05) is 6.92 Å². The van der Waals surface area contributed by atoms with Crippen molar-refractivity contribution in [1.82, 2.24) is 14.5 Å². The maximum absolute atomic E-state index is 12.5. The molecule has 150 valence electrons. The molecular formula is C20H15ClF3N3O2. The second kappa shape index (κ2) is 8.05. The molecule has 9 heteroatoms. The Kier molecular flexibility index (Phi) is 5.71. The maximum Gasteiger partial charge on any atom is 0.573 e. The Hall–Kier alpha value is -3.18. The Bertz CT molecular complexity index is 1110. The van der Waals surface area contributed by atoms with Gasteiger partial charge in [0.15, 0.2) is 0 Å². The molecule has 5 nitrogen and oxygen atoms in total. The minimum atomic E-state index is -4.79. The number of nitrogens with zero attached hydrogens (tertiary/aromatic N) is 3. The van der Waals surface area contributed by atoms with Gasteiger partial charge in [-0.2, -0.15) is 0 Å². The highest BCUT2D eigenvalue weighted by Crippen LogP contribution is 2.32. The van der Waals surface area contributed by atoms with Gasteiger partial charge in [-0.05, 0) is 44.0 Å². The highest BCUT2D eigenvalue weighted by Gasteiger charge is 2.31. The van der Waals surface area contributed by atoms with Crippen LogP contribution >= 0.6 is 11.6 Å². The van der Waals surface area contributed by atoms with Gasteiger partial charge in [-0.25, -0.2) is 9.97 Å². The fraction of sp³-hybridized carbons (Fsp3) is 0.200. The number of aryl methyl sites for hydroxylation is 1. The molecule has 0 saturated heterocycles. The predicted molar refractivity (Wildman–Crippen MR) is 102 cm³/mol. The third-order valence-corrected chi connectivity index (χ3v) is 4.16. The van der Waals surface area contributed by atoms with Gasteiger partial charge in [0.25, 0.3) is 0 Å². The molecule has 0 N–H and O–H groups in total. The molecule has 0 unspecified atom stereocenters. The van der Waals surface area contributed by atoms with Gasteiger partial charge in [0.1, 0.15) is 28.2 Å². The van der Waals surface area contributed by atoms with E-state index in [1.54, 1.807) is 29.8 Å². The zero-order valence-electron chi connectivity index (χ0n) is 15.6. The largest absolute Gasteiger partial charge is 0.573 e. The summed E-state index contributed by atoms with van der Waals surface area (Å²) in [4.78, 5) is 8.36. The summed E-state index contributed by atoms with van der Waals surface area (Å²) in [6.07, 6.45) is -3.23. The van der Waals surface area contributed by atoms with Crippen molar-refractivity contribution >= 4 is 11.6 Å². The molecule has 2 heterocycles. The third-order valence-electron chi connectivity index (χ3n) is 3.95. The summed E-state index contributed by atoms with van der Waals surface area (Å²) in [6.45, 7) is 3.57. The first kappa shape index (κ1) is 20.6. The fourth-order valence-electron chi connectivity index (χ4n) is 2.77. The molecule has 29 heavy (non-hydrogen) atoms. The quantitative estimate of drug-likeness (QED) is 0.448. The second-order valence-corrected chi connectivity index (χ2v) is 6.31. The monoisotopic (exact) mass is 421 g/mol. The van der Waals surface area contributed by atoms with Crippen LogP contribution in [0.1, 0.15) is 22.8 Å². The van der Waals surface area contributed by atoms with Crippen LogP contribution in [0.4, 0.5) is 13.2 Å². The van der Waals surface area contributed by atoms with Crippen LogP contribution in [-0.4, -0.2) is 28.0 Å². The number of methoxy groups -OCH3 is 1. The molecule has 0 bridgehead atoms. The van der Waals surface area contributed by atoms with Gasteiger partial charge in [-0.1, -0.05) is 17.5 Å². The molecule has 0 radical (unpaired) electrons. The van der Waals surface area contributed by atoms with Gasteiger partial charge in [0.05, 0.1) is 18.5 Å². The Balaban J connectivity index is 2.00. The number of hydrogen-bond acceptors (Lipinski definition) is 4. The SMILES string of the molecule is COc1cc(OC(F)(F)F)ccc1-n1c(C)nc(C#Cc2ccnc(Cl)c2)c1C. The second-order valence-electron chi connectivity index (χ2n) is 5.93. The lowest BCUT2D eigenvalue weighted by atomic mass is 10.2. The summed E-state index contributed by atoms with van der Waals surface area (Å²) in [5, 5.41) is 0.334. The summed E-state index contributed by atoms with van der Waals surface area (Å²) in [6, 6.07) is 7.22. The zero-order chi connectivity index (χ0) is 21.2. The molecule has 2 aromatic heterocycles. The average molecular weight is 422 g/mol. The number of aromatic nitrogens is 3. The van der Waals surface area contributed by atoms with Crippen molar-refractivity contribution in [2.24, 2.45) is 0 Å². The van der Waals surface area contributed by atoms with Gasteiger partial charge in [-0.3, -0.25) is 4.57 Å². The number of benzene rings is 1. The molecule has 0 amide bonds. The van der Waals surface area contributed by atoms with Crippen molar-refractivity contribution in [2.75, 3.05) is 7.11 Å². The lowest BCUT2D eigenvalue weighted by Gasteiger charge is -2.15. The standard InChI is InChI=1S/C20H15ClF3N3O2/c1-12-16(6-4-14-8-9-25-19(21)10-14)26-13(2)27(12)17-7-5-15(11-18(17)28-3)29-20(22,23)24/h5,7-11H,1-3H3. The first-order chi connectivity index (χ1) is 13.7. The summed E-state index contributed by atoms with van der Waals surface area (Å²) >= 11 is 5.86. The summed E-state index contributed by atoms with van der Waals surface area (Å²) in [5.41, 5.74) is 2.43. The van der Waals surface area contributed by atoms with E-state index in [2.05, 4.69) is 26.5 Å². The Morgan fingerprint density at radius 1 is 1.10 bits per heavy atom. The Labute approximate surface area is 170 Å². The molecule has 0 spiro atoms. The number of ether oxygens (including phenoxy) is 2. The summed E-state index contributed by atoms with van der Waals surface area (Å²) < 4.78 is 48.4. The molecule has 0 saturated carbocycles. The highest BCUT2D eigenvalue weighted by atomic mass is 35.5. The van der Waals surface area contributed by atoms with Crippen LogP contribution in [0.2, 0.25) is 5.15 Å². The van der Waals surface area contributed by atoms with Gasteiger partial charge in [-0.15, -0.1) is 13.2 Å². The van der Waals surface area contributed by atoms with E-state index in [1.165, 1.54) is 25.3 Å². The molecular weight excluding hydrogens is 407 g/mol. The van der Waals surface area contributed by atoms with E-state index in [0.29, 0.717) is 33.6 Å². The summed E-state index contributed by atoms with van der Waals surface area (Å²) in [5.74, 6) is 6.39. The molecule has 3 rings (SSSR count). The van der Waals surface area contributed by atoms with E-state index >= 15 is 0 Å². The van der Waals surface area contributed by atoms with Gasteiger partial charge in [0, 0.05) is 17.8 Å². The van der Waals surface area contributed by atoms with E-state index in [4.69, 9.17) is 16.3 Å². The lowest BCUT2D eigenvalue weighted by molar-refractivity contribution is -0.274. The predicted octanol–water partition coefficient (Wildman–Crippen LogP) is 4.84. The minimum Gasteiger partial charge on any atom is -0.494 e. The number of alkyl halides is 3. The smallest absolute Gasteiger partial charge is 0.494 e. The van der Waals surface area contributed by atoms with E-state index < -0.39 is 6.36 Å². The van der Waals surface area contributed by atoms with Crippen LogP contribution in [-0.2, 0) is 0 Å². The normalized spacial score (nSPS) is 11.0. The Morgan fingerprint density at radius 2 is 1.86 bits per heavy atom. The molecule has 0 aliphatic rings. The van der Waals surface area contributed by atoms with Crippen LogP contribution in [0.5, 0.6) is 11.5 Å². The van der Waals surface area contributed by atoms with Crippen LogP contribution < -0.4 is 9.47 Å². The molecule has 0 aliphatic heterocycles. The molecule has 0 fully saturated rings. The molecule has 1 aromatic carbocycles.